The standard InChI is InChI=1S/C12H22N2O/c1-4-10(5-2)8-11(14-13)12-7-6-9(3)15-12/h6-7,10-11,14H,4-5,8,13H2,1-3H3. The highest BCUT2D eigenvalue weighted by Crippen LogP contribution is 2.25. The summed E-state index contributed by atoms with van der Waals surface area (Å²) in [6.07, 6.45) is 3.42. The molecule has 0 aliphatic rings. The first kappa shape index (κ1) is 12.3. The molecule has 0 spiro atoms. The summed E-state index contributed by atoms with van der Waals surface area (Å²) in [6, 6.07) is 4.12. The lowest BCUT2D eigenvalue weighted by atomic mass is 9.94. The Morgan fingerprint density at radius 3 is 2.40 bits per heavy atom. The third-order valence-corrected chi connectivity index (χ3v) is 3.03. The zero-order valence-corrected chi connectivity index (χ0v) is 9.92. The van der Waals surface area contributed by atoms with Crippen LogP contribution in [0, 0.1) is 12.8 Å². The lowest BCUT2D eigenvalue weighted by molar-refractivity contribution is 0.327. The van der Waals surface area contributed by atoms with Crippen LogP contribution in [0.2, 0.25) is 0 Å². The second kappa shape index (κ2) is 5.93. The molecule has 0 radical (unpaired) electrons. The Labute approximate surface area is 92.0 Å². The van der Waals surface area contributed by atoms with Crippen LogP contribution in [0.25, 0.3) is 0 Å². The number of aryl methyl sites for hydroxylation is 1. The number of hydrazine groups is 1. The van der Waals surface area contributed by atoms with Crippen LogP contribution in [0.3, 0.4) is 0 Å². The van der Waals surface area contributed by atoms with E-state index in [0.717, 1.165) is 17.9 Å². The second-order valence-corrected chi connectivity index (χ2v) is 4.09. The van der Waals surface area contributed by atoms with Gasteiger partial charge in [-0.25, -0.2) is 5.43 Å². The molecule has 0 aromatic carbocycles. The Hall–Kier alpha value is -0.800. The number of hydrogen-bond donors (Lipinski definition) is 2. The minimum atomic E-state index is 0.142. The summed E-state index contributed by atoms with van der Waals surface area (Å²) >= 11 is 0. The summed E-state index contributed by atoms with van der Waals surface area (Å²) in [7, 11) is 0. The van der Waals surface area contributed by atoms with E-state index >= 15 is 0 Å². The van der Waals surface area contributed by atoms with E-state index < -0.39 is 0 Å². The van der Waals surface area contributed by atoms with Crippen molar-refractivity contribution in [2.45, 2.75) is 46.1 Å². The molecule has 0 saturated heterocycles. The summed E-state index contributed by atoms with van der Waals surface area (Å²) in [5.74, 6) is 8.15. The molecule has 1 heterocycles. The molecule has 3 nitrogen and oxygen atoms in total. The minimum Gasteiger partial charge on any atom is -0.465 e. The average molecular weight is 210 g/mol. The van der Waals surface area contributed by atoms with Crippen LogP contribution < -0.4 is 11.3 Å². The second-order valence-electron chi connectivity index (χ2n) is 4.09. The van der Waals surface area contributed by atoms with Gasteiger partial charge in [0.15, 0.2) is 0 Å². The number of furan rings is 1. The molecule has 86 valence electrons. The third-order valence-electron chi connectivity index (χ3n) is 3.03. The van der Waals surface area contributed by atoms with Gasteiger partial charge in [0.05, 0.1) is 6.04 Å². The number of hydrogen-bond acceptors (Lipinski definition) is 3. The Balaban J connectivity index is 2.63. The largest absolute Gasteiger partial charge is 0.465 e. The molecular formula is C12H22N2O. The van der Waals surface area contributed by atoms with E-state index in [2.05, 4.69) is 19.3 Å². The molecule has 0 amide bonds. The highest BCUT2D eigenvalue weighted by Gasteiger charge is 2.17. The average Bonchev–Trinajstić information content (AvgIpc) is 2.67. The molecule has 0 aliphatic heterocycles. The summed E-state index contributed by atoms with van der Waals surface area (Å²) in [5, 5.41) is 0. The first-order chi connectivity index (χ1) is 7.21. The van der Waals surface area contributed by atoms with Gasteiger partial charge in [0.1, 0.15) is 11.5 Å². The number of nitrogens with one attached hydrogen (secondary N) is 1. The van der Waals surface area contributed by atoms with Crippen molar-refractivity contribution < 1.29 is 4.42 Å². The van der Waals surface area contributed by atoms with Crippen molar-refractivity contribution in [1.29, 1.82) is 0 Å². The molecule has 1 unspecified atom stereocenters. The van der Waals surface area contributed by atoms with Gasteiger partial charge in [-0.05, 0) is 31.4 Å². The zero-order chi connectivity index (χ0) is 11.3. The fourth-order valence-electron chi connectivity index (χ4n) is 1.86. The summed E-state index contributed by atoms with van der Waals surface area (Å²) < 4.78 is 5.58. The smallest absolute Gasteiger partial charge is 0.122 e. The van der Waals surface area contributed by atoms with Gasteiger partial charge in [-0.15, -0.1) is 0 Å². The Bertz CT molecular complexity index is 279. The van der Waals surface area contributed by atoms with E-state index in [1.165, 1.54) is 12.8 Å². The van der Waals surface area contributed by atoms with Gasteiger partial charge in [0, 0.05) is 0 Å². The number of rotatable bonds is 6. The molecule has 3 heteroatoms. The van der Waals surface area contributed by atoms with Crippen LogP contribution in [0.15, 0.2) is 16.5 Å². The van der Waals surface area contributed by atoms with E-state index in [0.29, 0.717) is 5.92 Å². The predicted molar refractivity (Wildman–Crippen MR) is 62.2 cm³/mol. The highest BCUT2D eigenvalue weighted by atomic mass is 16.3. The van der Waals surface area contributed by atoms with Crippen LogP contribution >= 0.6 is 0 Å². The number of nitrogens with two attached hydrogens (primary N) is 1. The first-order valence-electron chi connectivity index (χ1n) is 5.73. The van der Waals surface area contributed by atoms with E-state index in [4.69, 9.17) is 10.3 Å². The summed E-state index contributed by atoms with van der Waals surface area (Å²) in [4.78, 5) is 0. The highest BCUT2D eigenvalue weighted by molar-refractivity contribution is 5.09. The predicted octanol–water partition coefficient (Wildman–Crippen LogP) is 2.92. The molecule has 0 saturated carbocycles. The molecular weight excluding hydrogens is 188 g/mol. The lowest BCUT2D eigenvalue weighted by Crippen LogP contribution is -2.29. The van der Waals surface area contributed by atoms with E-state index in [1.807, 2.05) is 19.1 Å². The monoisotopic (exact) mass is 210 g/mol. The van der Waals surface area contributed by atoms with Crippen LogP contribution in [0.5, 0.6) is 0 Å². The van der Waals surface area contributed by atoms with Crippen LogP contribution in [0.4, 0.5) is 0 Å². The van der Waals surface area contributed by atoms with Crippen molar-refractivity contribution in [3.63, 3.8) is 0 Å². The normalized spacial score (nSPS) is 13.4. The van der Waals surface area contributed by atoms with Crippen molar-refractivity contribution in [2.75, 3.05) is 0 Å². The molecule has 0 bridgehead atoms. The van der Waals surface area contributed by atoms with Gasteiger partial charge in [0.2, 0.25) is 0 Å². The Morgan fingerprint density at radius 2 is 2.00 bits per heavy atom. The topological polar surface area (TPSA) is 51.2 Å². The van der Waals surface area contributed by atoms with Crippen molar-refractivity contribution in [3.8, 4) is 0 Å². The van der Waals surface area contributed by atoms with Crippen molar-refractivity contribution >= 4 is 0 Å². The maximum Gasteiger partial charge on any atom is 0.122 e. The lowest BCUT2D eigenvalue weighted by Gasteiger charge is -2.19. The molecule has 1 atom stereocenters. The minimum absolute atomic E-state index is 0.142. The van der Waals surface area contributed by atoms with Gasteiger partial charge >= 0.3 is 0 Å². The third kappa shape index (κ3) is 3.36. The molecule has 1 rings (SSSR count). The fraction of sp³-hybridized carbons (Fsp3) is 0.667. The molecule has 0 fully saturated rings. The van der Waals surface area contributed by atoms with Crippen LogP contribution in [-0.4, -0.2) is 0 Å². The molecule has 15 heavy (non-hydrogen) atoms. The molecule has 1 aromatic heterocycles. The van der Waals surface area contributed by atoms with Crippen molar-refractivity contribution in [1.82, 2.24) is 5.43 Å². The van der Waals surface area contributed by atoms with E-state index in [-0.39, 0.29) is 6.04 Å². The van der Waals surface area contributed by atoms with Gasteiger partial charge < -0.3 is 4.42 Å². The summed E-state index contributed by atoms with van der Waals surface area (Å²) in [5.41, 5.74) is 2.84. The van der Waals surface area contributed by atoms with Crippen LogP contribution in [0.1, 0.15) is 50.7 Å². The van der Waals surface area contributed by atoms with Gasteiger partial charge in [-0.1, -0.05) is 26.7 Å². The molecule has 3 N–H and O–H groups in total. The maximum atomic E-state index is 5.58. The Morgan fingerprint density at radius 1 is 1.33 bits per heavy atom. The van der Waals surface area contributed by atoms with Gasteiger partial charge in [-0.2, -0.15) is 0 Å². The zero-order valence-electron chi connectivity index (χ0n) is 9.92. The maximum absolute atomic E-state index is 5.58. The van der Waals surface area contributed by atoms with Gasteiger partial charge in [-0.3, -0.25) is 5.84 Å². The molecule has 1 aromatic rings. The van der Waals surface area contributed by atoms with Gasteiger partial charge in [0.25, 0.3) is 0 Å². The van der Waals surface area contributed by atoms with E-state index in [9.17, 15) is 0 Å². The summed E-state index contributed by atoms with van der Waals surface area (Å²) in [6.45, 7) is 6.39. The quantitative estimate of drug-likeness (QED) is 0.560. The SMILES string of the molecule is CCC(CC)CC(NN)c1ccc(C)o1. The fourth-order valence-corrected chi connectivity index (χ4v) is 1.86. The first-order valence-corrected chi connectivity index (χ1v) is 5.73. The van der Waals surface area contributed by atoms with Crippen molar-refractivity contribution in [3.05, 3.63) is 23.7 Å². The molecule has 0 aliphatic carbocycles. The van der Waals surface area contributed by atoms with Crippen molar-refractivity contribution in [2.24, 2.45) is 11.8 Å². The van der Waals surface area contributed by atoms with E-state index in [1.54, 1.807) is 0 Å². The Kier molecular flexibility index (Phi) is 4.85. The van der Waals surface area contributed by atoms with Crippen LogP contribution in [-0.2, 0) is 0 Å².